The third-order valence-electron chi connectivity index (χ3n) is 3.86. The van der Waals surface area contributed by atoms with Crippen LogP contribution in [0.1, 0.15) is 9.67 Å². The molecule has 0 atom stereocenters. The normalized spacial score (nSPS) is 10.9. The molecule has 28 heavy (non-hydrogen) atoms. The van der Waals surface area contributed by atoms with Gasteiger partial charge in [0.05, 0.1) is 5.39 Å². The number of anilines is 1. The number of halogens is 1. The molecule has 0 bridgehead atoms. The number of nitrogens with zero attached hydrogens (tertiary/aromatic N) is 2. The highest BCUT2D eigenvalue weighted by Crippen LogP contribution is 2.23. The van der Waals surface area contributed by atoms with E-state index in [1.165, 1.54) is 10.5 Å². The van der Waals surface area contributed by atoms with Crippen LogP contribution in [0, 0.1) is 0 Å². The number of rotatable bonds is 4. The van der Waals surface area contributed by atoms with Gasteiger partial charge in [-0.15, -0.1) is 11.3 Å². The number of amides is 1. The molecule has 1 amide bonds. The van der Waals surface area contributed by atoms with E-state index in [9.17, 15) is 14.4 Å². The predicted octanol–water partition coefficient (Wildman–Crippen LogP) is 3.36. The molecule has 1 N–H and O–H groups in total. The summed E-state index contributed by atoms with van der Waals surface area (Å²) < 4.78 is 6.45. The van der Waals surface area contributed by atoms with Crippen molar-refractivity contribution in [1.29, 1.82) is 0 Å². The van der Waals surface area contributed by atoms with Crippen molar-refractivity contribution in [2.24, 2.45) is 0 Å². The van der Waals surface area contributed by atoms with Crippen molar-refractivity contribution < 1.29 is 14.3 Å². The van der Waals surface area contributed by atoms with Crippen LogP contribution in [0.4, 0.5) is 5.69 Å². The number of ether oxygens (including phenoxy) is 1. The Bertz CT molecular complexity index is 1280. The van der Waals surface area contributed by atoms with Crippen LogP contribution in [0.2, 0.25) is 5.02 Å². The fraction of sp³-hybridized carbons (Fsp3) is 0.0526. The van der Waals surface area contributed by atoms with Gasteiger partial charge in [-0.25, -0.2) is 9.78 Å². The van der Waals surface area contributed by atoms with E-state index < -0.39 is 18.5 Å². The summed E-state index contributed by atoms with van der Waals surface area (Å²) >= 11 is 6.90. The highest BCUT2D eigenvalue weighted by molar-refractivity contribution is 7.20. The van der Waals surface area contributed by atoms with Crippen LogP contribution in [0.15, 0.2) is 59.5 Å². The number of esters is 1. The van der Waals surface area contributed by atoms with Crippen molar-refractivity contribution >= 4 is 56.4 Å². The Labute approximate surface area is 167 Å². The molecule has 0 fully saturated rings. The van der Waals surface area contributed by atoms with Crippen LogP contribution in [0.5, 0.6) is 0 Å². The van der Waals surface area contributed by atoms with Crippen LogP contribution in [0.3, 0.4) is 0 Å². The molecule has 7 nitrogen and oxygen atoms in total. The van der Waals surface area contributed by atoms with Crippen LogP contribution < -0.4 is 10.9 Å². The summed E-state index contributed by atoms with van der Waals surface area (Å²) in [6.07, 6.45) is 1.61. The summed E-state index contributed by atoms with van der Waals surface area (Å²) in [4.78, 5) is 41.8. The summed E-state index contributed by atoms with van der Waals surface area (Å²) in [7, 11) is 0. The lowest BCUT2D eigenvalue weighted by molar-refractivity contribution is -0.119. The van der Waals surface area contributed by atoms with E-state index in [-0.39, 0.29) is 10.4 Å². The van der Waals surface area contributed by atoms with Crippen molar-refractivity contribution in [3.63, 3.8) is 0 Å². The predicted molar refractivity (Wildman–Crippen MR) is 107 cm³/mol. The summed E-state index contributed by atoms with van der Waals surface area (Å²) in [6, 6.07) is 13.3. The maximum atomic E-state index is 12.5. The molecule has 0 saturated carbocycles. The Hall–Kier alpha value is -3.23. The van der Waals surface area contributed by atoms with Gasteiger partial charge >= 0.3 is 5.97 Å². The van der Waals surface area contributed by atoms with Gasteiger partial charge in [-0.2, -0.15) is 0 Å². The summed E-state index contributed by atoms with van der Waals surface area (Å²) in [5.41, 5.74) is 0.719. The fourth-order valence-corrected chi connectivity index (χ4v) is 3.73. The first-order valence-electron chi connectivity index (χ1n) is 8.15. The minimum Gasteiger partial charge on any atom is -0.451 e. The van der Waals surface area contributed by atoms with Crippen LogP contribution in [0.25, 0.3) is 15.9 Å². The zero-order valence-corrected chi connectivity index (χ0v) is 15.8. The van der Waals surface area contributed by atoms with E-state index in [0.29, 0.717) is 26.6 Å². The summed E-state index contributed by atoms with van der Waals surface area (Å²) in [5, 5.41) is 3.39. The molecule has 1 aromatic carbocycles. The van der Waals surface area contributed by atoms with E-state index in [1.54, 1.807) is 48.7 Å². The standard InChI is InChI=1S/C19H12ClN3O4S/c20-11-4-3-5-12(8-11)21-16(24)10-27-19(26)14-9-13-17(28-14)22-15-6-1-2-7-23(15)18(13)25/h1-9H,10H2,(H,21,24). The number of aromatic nitrogens is 2. The molecule has 4 aromatic rings. The number of pyridine rings is 1. The number of nitrogens with one attached hydrogen (secondary N) is 1. The second kappa shape index (κ2) is 7.41. The van der Waals surface area contributed by atoms with Gasteiger partial charge in [0.15, 0.2) is 6.61 Å². The number of hydrogen-bond acceptors (Lipinski definition) is 6. The molecular weight excluding hydrogens is 402 g/mol. The summed E-state index contributed by atoms with van der Waals surface area (Å²) in [5.74, 6) is -1.20. The maximum Gasteiger partial charge on any atom is 0.348 e. The number of hydrogen-bond donors (Lipinski definition) is 1. The monoisotopic (exact) mass is 413 g/mol. The minimum atomic E-state index is -0.697. The van der Waals surface area contributed by atoms with Crippen molar-refractivity contribution in [1.82, 2.24) is 9.38 Å². The van der Waals surface area contributed by atoms with E-state index in [1.807, 2.05) is 0 Å². The van der Waals surface area contributed by atoms with E-state index in [0.717, 1.165) is 11.3 Å². The minimum absolute atomic E-state index is 0.200. The first-order valence-corrected chi connectivity index (χ1v) is 9.34. The molecule has 0 unspecified atom stereocenters. The van der Waals surface area contributed by atoms with E-state index in [2.05, 4.69) is 10.3 Å². The molecular formula is C19H12ClN3O4S. The SMILES string of the molecule is O=C(COC(=O)c1cc2c(=O)n3ccccc3nc2s1)Nc1cccc(Cl)c1. The molecule has 0 aliphatic rings. The lowest BCUT2D eigenvalue weighted by atomic mass is 10.3. The molecule has 3 aromatic heterocycles. The van der Waals surface area contributed by atoms with Gasteiger partial charge < -0.3 is 10.1 Å². The Kier molecular flexibility index (Phi) is 4.81. The van der Waals surface area contributed by atoms with Gasteiger partial charge in [0, 0.05) is 16.9 Å². The molecule has 0 spiro atoms. The van der Waals surface area contributed by atoms with Gasteiger partial charge in [-0.1, -0.05) is 23.7 Å². The quantitative estimate of drug-likeness (QED) is 0.518. The second-order valence-electron chi connectivity index (χ2n) is 5.81. The lowest BCUT2D eigenvalue weighted by Gasteiger charge is -2.06. The maximum absolute atomic E-state index is 12.5. The van der Waals surface area contributed by atoms with Crippen molar-refractivity contribution in [2.45, 2.75) is 0 Å². The van der Waals surface area contributed by atoms with Gasteiger partial charge in [0.1, 0.15) is 15.4 Å². The first kappa shape index (κ1) is 18.1. The molecule has 0 radical (unpaired) electrons. The third-order valence-corrected chi connectivity index (χ3v) is 5.10. The number of carbonyl (C=O) groups is 2. The molecule has 4 rings (SSSR count). The largest absolute Gasteiger partial charge is 0.451 e. The van der Waals surface area contributed by atoms with Gasteiger partial charge in [0.25, 0.3) is 11.5 Å². The molecule has 0 saturated heterocycles. The molecule has 0 aliphatic heterocycles. The number of fused-ring (bicyclic) bond motifs is 2. The Morgan fingerprint density at radius 3 is 2.86 bits per heavy atom. The van der Waals surface area contributed by atoms with Crippen LogP contribution in [-0.4, -0.2) is 27.9 Å². The highest BCUT2D eigenvalue weighted by atomic mass is 35.5. The molecule has 0 aliphatic carbocycles. The van der Waals surface area contributed by atoms with Crippen LogP contribution >= 0.6 is 22.9 Å². The highest BCUT2D eigenvalue weighted by Gasteiger charge is 2.17. The zero-order chi connectivity index (χ0) is 19.7. The zero-order valence-electron chi connectivity index (χ0n) is 14.2. The van der Waals surface area contributed by atoms with Gasteiger partial charge in [-0.05, 0) is 36.4 Å². The Morgan fingerprint density at radius 1 is 1.18 bits per heavy atom. The Balaban J connectivity index is 1.49. The van der Waals surface area contributed by atoms with Crippen molar-refractivity contribution in [3.05, 3.63) is 75.0 Å². The van der Waals surface area contributed by atoms with Crippen molar-refractivity contribution in [2.75, 3.05) is 11.9 Å². The first-order chi connectivity index (χ1) is 13.5. The number of thiophene rings is 1. The topological polar surface area (TPSA) is 89.8 Å². The number of carbonyl (C=O) groups excluding carboxylic acids is 2. The van der Waals surface area contributed by atoms with E-state index >= 15 is 0 Å². The summed E-state index contributed by atoms with van der Waals surface area (Å²) in [6.45, 7) is -0.464. The molecule has 3 heterocycles. The second-order valence-corrected chi connectivity index (χ2v) is 7.28. The molecule has 9 heteroatoms. The molecule has 140 valence electrons. The lowest BCUT2D eigenvalue weighted by Crippen LogP contribution is -2.20. The Morgan fingerprint density at radius 2 is 2.04 bits per heavy atom. The van der Waals surface area contributed by atoms with Gasteiger partial charge in [0.2, 0.25) is 0 Å². The smallest absolute Gasteiger partial charge is 0.348 e. The average molecular weight is 414 g/mol. The van der Waals surface area contributed by atoms with Crippen LogP contribution in [-0.2, 0) is 9.53 Å². The van der Waals surface area contributed by atoms with Gasteiger partial charge in [-0.3, -0.25) is 14.0 Å². The van der Waals surface area contributed by atoms with Crippen molar-refractivity contribution in [3.8, 4) is 0 Å². The third kappa shape index (κ3) is 3.60. The average Bonchev–Trinajstić information content (AvgIpc) is 3.11. The number of benzene rings is 1. The van der Waals surface area contributed by atoms with E-state index in [4.69, 9.17) is 16.3 Å². The fourth-order valence-electron chi connectivity index (χ4n) is 2.61.